The first-order chi connectivity index (χ1) is 9.24. The number of nitrogens with zero attached hydrogens (tertiary/aromatic N) is 1. The van der Waals surface area contributed by atoms with Crippen molar-refractivity contribution in [2.75, 3.05) is 18.5 Å². The van der Waals surface area contributed by atoms with Crippen LogP contribution in [0.1, 0.15) is 13.3 Å². The molecule has 2 aromatic rings. The molecule has 0 radical (unpaired) electrons. The van der Waals surface area contributed by atoms with Crippen molar-refractivity contribution in [3.05, 3.63) is 30.5 Å². The second-order valence-corrected chi connectivity index (χ2v) is 5.07. The van der Waals surface area contributed by atoms with Crippen LogP contribution in [0.15, 0.2) is 30.5 Å². The Bertz CT molecular complexity index is 585. The summed E-state index contributed by atoms with van der Waals surface area (Å²) in [5.74, 6) is 1.61. The maximum absolute atomic E-state index is 9.60. The standard InChI is InChI=1S/C15H18N2O2/c1-10-12(5-7-19-10)9-17-15-14-8-13(18)3-2-11(14)4-6-16-15/h2-4,6,8,10,12,18H,5,7,9H2,1H3,(H,16,17). The molecule has 19 heavy (non-hydrogen) atoms. The van der Waals surface area contributed by atoms with Crippen LogP contribution in [0.3, 0.4) is 0 Å². The van der Waals surface area contributed by atoms with E-state index >= 15 is 0 Å². The van der Waals surface area contributed by atoms with Crippen molar-refractivity contribution in [1.82, 2.24) is 4.98 Å². The molecule has 0 saturated carbocycles. The summed E-state index contributed by atoms with van der Waals surface area (Å²) in [6.07, 6.45) is 3.18. The first kappa shape index (κ1) is 12.2. The van der Waals surface area contributed by atoms with Gasteiger partial charge in [0.1, 0.15) is 11.6 Å². The molecule has 1 aromatic carbocycles. The number of hydrogen-bond acceptors (Lipinski definition) is 4. The molecule has 100 valence electrons. The van der Waals surface area contributed by atoms with E-state index in [0.29, 0.717) is 12.0 Å². The third-order valence-corrected chi connectivity index (χ3v) is 3.81. The van der Waals surface area contributed by atoms with E-state index in [2.05, 4.69) is 17.2 Å². The van der Waals surface area contributed by atoms with Crippen molar-refractivity contribution in [2.45, 2.75) is 19.4 Å². The Hall–Kier alpha value is -1.81. The SMILES string of the molecule is CC1OCCC1CNc1nccc2ccc(O)cc12. The van der Waals surface area contributed by atoms with E-state index in [9.17, 15) is 5.11 Å². The molecule has 4 heteroatoms. The monoisotopic (exact) mass is 258 g/mol. The van der Waals surface area contributed by atoms with Crippen molar-refractivity contribution >= 4 is 16.6 Å². The number of pyridine rings is 1. The molecule has 1 aliphatic heterocycles. The Balaban J connectivity index is 1.82. The summed E-state index contributed by atoms with van der Waals surface area (Å²) in [6.45, 7) is 3.81. The van der Waals surface area contributed by atoms with Crippen molar-refractivity contribution in [3.8, 4) is 5.75 Å². The van der Waals surface area contributed by atoms with Crippen LogP contribution in [0.2, 0.25) is 0 Å². The normalized spacial score (nSPS) is 22.8. The van der Waals surface area contributed by atoms with Gasteiger partial charge in [-0.1, -0.05) is 6.07 Å². The summed E-state index contributed by atoms with van der Waals surface area (Å²) < 4.78 is 5.56. The van der Waals surface area contributed by atoms with Crippen LogP contribution in [-0.2, 0) is 4.74 Å². The minimum Gasteiger partial charge on any atom is -0.508 e. The molecule has 1 aromatic heterocycles. The van der Waals surface area contributed by atoms with Gasteiger partial charge in [-0.3, -0.25) is 0 Å². The fourth-order valence-electron chi connectivity index (χ4n) is 2.57. The summed E-state index contributed by atoms with van der Waals surface area (Å²) in [7, 11) is 0. The summed E-state index contributed by atoms with van der Waals surface area (Å²) in [5.41, 5.74) is 0. The quantitative estimate of drug-likeness (QED) is 0.889. The molecule has 1 fully saturated rings. The van der Waals surface area contributed by atoms with E-state index in [1.165, 1.54) is 0 Å². The fraction of sp³-hybridized carbons (Fsp3) is 0.400. The van der Waals surface area contributed by atoms with Gasteiger partial charge in [0.15, 0.2) is 0 Å². The van der Waals surface area contributed by atoms with Crippen LogP contribution < -0.4 is 5.32 Å². The van der Waals surface area contributed by atoms with E-state index < -0.39 is 0 Å². The molecule has 4 nitrogen and oxygen atoms in total. The summed E-state index contributed by atoms with van der Waals surface area (Å²) in [5, 5.41) is 15.0. The first-order valence-electron chi connectivity index (χ1n) is 6.67. The smallest absolute Gasteiger partial charge is 0.133 e. The molecular weight excluding hydrogens is 240 g/mol. The summed E-state index contributed by atoms with van der Waals surface area (Å²) in [4.78, 5) is 4.37. The van der Waals surface area contributed by atoms with Gasteiger partial charge >= 0.3 is 0 Å². The van der Waals surface area contributed by atoms with Crippen LogP contribution in [0, 0.1) is 5.92 Å². The van der Waals surface area contributed by atoms with Gasteiger partial charge in [0, 0.05) is 30.7 Å². The topological polar surface area (TPSA) is 54.4 Å². The lowest BCUT2D eigenvalue weighted by atomic mass is 10.0. The summed E-state index contributed by atoms with van der Waals surface area (Å²) >= 11 is 0. The average Bonchev–Trinajstić information content (AvgIpc) is 2.82. The first-order valence-corrected chi connectivity index (χ1v) is 6.67. The average molecular weight is 258 g/mol. The zero-order valence-electron chi connectivity index (χ0n) is 11.0. The third-order valence-electron chi connectivity index (χ3n) is 3.81. The van der Waals surface area contributed by atoms with Crippen molar-refractivity contribution in [2.24, 2.45) is 5.92 Å². The van der Waals surface area contributed by atoms with Gasteiger partial charge in [-0.2, -0.15) is 0 Å². The minimum absolute atomic E-state index is 0.265. The number of benzene rings is 1. The lowest BCUT2D eigenvalue weighted by molar-refractivity contribution is 0.108. The van der Waals surface area contributed by atoms with E-state index in [-0.39, 0.29) is 5.75 Å². The number of ether oxygens (including phenoxy) is 1. The van der Waals surface area contributed by atoms with Gasteiger partial charge < -0.3 is 15.2 Å². The largest absolute Gasteiger partial charge is 0.508 e. The van der Waals surface area contributed by atoms with Crippen LogP contribution in [0.5, 0.6) is 5.75 Å². The number of rotatable bonds is 3. The second kappa shape index (κ2) is 5.05. The highest BCUT2D eigenvalue weighted by Crippen LogP contribution is 2.26. The second-order valence-electron chi connectivity index (χ2n) is 5.07. The Labute approximate surface area is 112 Å². The number of phenolic OH excluding ortho intramolecular Hbond substituents is 1. The fourth-order valence-corrected chi connectivity index (χ4v) is 2.57. The Morgan fingerprint density at radius 2 is 2.32 bits per heavy atom. The number of aromatic hydroxyl groups is 1. The molecule has 0 amide bonds. The van der Waals surface area contributed by atoms with Crippen LogP contribution in [0.4, 0.5) is 5.82 Å². The number of anilines is 1. The van der Waals surface area contributed by atoms with Gasteiger partial charge in [-0.05, 0) is 36.9 Å². The molecule has 0 spiro atoms. The molecule has 0 bridgehead atoms. The number of phenols is 1. The molecule has 2 unspecified atom stereocenters. The highest BCUT2D eigenvalue weighted by atomic mass is 16.5. The predicted octanol–water partition coefficient (Wildman–Crippen LogP) is 2.78. The maximum Gasteiger partial charge on any atom is 0.133 e. The maximum atomic E-state index is 9.60. The minimum atomic E-state index is 0.265. The van der Waals surface area contributed by atoms with E-state index in [1.54, 1.807) is 18.3 Å². The van der Waals surface area contributed by atoms with Crippen LogP contribution in [0.25, 0.3) is 10.8 Å². The van der Waals surface area contributed by atoms with Crippen LogP contribution in [-0.4, -0.2) is 29.3 Å². The molecular formula is C15H18N2O2. The number of fused-ring (bicyclic) bond motifs is 1. The lowest BCUT2D eigenvalue weighted by Crippen LogP contribution is -2.21. The molecule has 2 heterocycles. The van der Waals surface area contributed by atoms with Gasteiger partial charge in [0.25, 0.3) is 0 Å². The van der Waals surface area contributed by atoms with Gasteiger partial charge in [-0.25, -0.2) is 4.98 Å². The Morgan fingerprint density at radius 3 is 3.11 bits per heavy atom. The molecule has 2 N–H and O–H groups in total. The number of hydrogen-bond donors (Lipinski definition) is 2. The van der Waals surface area contributed by atoms with Gasteiger partial charge in [0.2, 0.25) is 0 Å². The highest BCUT2D eigenvalue weighted by molar-refractivity contribution is 5.92. The Kier molecular flexibility index (Phi) is 3.25. The van der Waals surface area contributed by atoms with Crippen molar-refractivity contribution in [3.63, 3.8) is 0 Å². The Morgan fingerprint density at radius 1 is 1.42 bits per heavy atom. The predicted molar refractivity (Wildman–Crippen MR) is 75.4 cm³/mol. The van der Waals surface area contributed by atoms with E-state index in [0.717, 1.165) is 36.2 Å². The molecule has 1 saturated heterocycles. The van der Waals surface area contributed by atoms with E-state index in [1.807, 2.05) is 12.1 Å². The molecule has 2 atom stereocenters. The number of nitrogens with one attached hydrogen (secondary N) is 1. The zero-order valence-corrected chi connectivity index (χ0v) is 11.0. The number of aromatic nitrogens is 1. The molecule has 3 rings (SSSR count). The molecule has 1 aliphatic rings. The van der Waals surface area contributed by atoms with Crippen molar-refractivity contribution < 1.29 is 9.84 Å². The van der Waals surface area contributed by atoms with Gasteiger partial charge in [-0.15, -0.1) is 0 Å². The van der Waals surface area contributed by atoms with E-state index in [4.69, 9.17) is 4.74 Å². The van der Waals surface area contributed by atoms with Crippen LogP contribution >= 0.6 is 0 Å². The lowest BCUT2D eigenvalue weighted by Gasteiger charge is -2.16. The zero-order chi connectivity index (χ0) is 13.2. The summed E-state index contributed by atoms with van der Waals surface area (Å²) in [6, 6.07) is 7.29. The third kappa shape index (κ3) is 2.49. The molecule has 0 aliphatic carbocycles. The van der Waals surface area contributed by atoms with Gasteiger partial charge in [0.05, 0.1) is 6.10 Å². The van der Waals surface area contributed by atoms with Crippen molar-refractivity contribution in [1.29, 1.82) is 0 Å². The highest BCUT2D eigenvalue weighted by Gasteiger charge is 2.23.